The number of halogens is 1. The second-order valence-corrected chi connectivity index (χ2v) is 6.65. The van der Waals surface area contributed by atoms with Crippen molar-refractivity contribution in [1.82, 2.24) is 0 Å². The van der Waals surface area contributed by atoms with E-state index >= 15 is 0 Å². The molecule has 0 saturated heterocycles. The minimum absolute atomic E-state index is 0.226. The van der Waals surface area contributed by atoms with Crippen LogP contribution in [0.25, 0.3) is 0 Å². The lowest BCUT2D eigenvalue weighted by atomic mass is 9.75. The van der Waals surface area contributed by atoms with E-state index < -0.39 is 0 Å². The third-order valence-electron chi connectivity index (χ3n) is 4.30. The first-order valence-corrected chi connectivity index (χ1v) is 7.75. The van der Waals surface area contributed by atoms with E-state index in [1.807, 2.05) is 6.07 Å². The Hall–Kier alpha value is -1.20. The summed E-state index contributed by atoms with van der Waals surface area (Å²) in [6, 6.07) is 7.35. The number of hydrogen-bond acceptors (Lipinski definition) is 2. The molecule has 108 valence electrons. The van der Waals surface area contributed by atoms with Crippen LogP contribution < -0.4 is 4.74 Å². The molecule has 1 fully saturated rings. The van der Waals surface area contributed by atoms with E-state index in [-0.39, 0.29) is 6.10 Å². The van der Waals surface area contributed by atoms with Gasteiger partial charge in [0.1, 0.15) is 11.9 Å². The number of hydrogen-bond donors (Lipinski definition) is 0. The summed E-state index contributed by atoms with van der Waals surface area (Å²) in [5.74, 6) is 2.60. The van der Waals surface area contributed by atoms with E-state index in [0.29, 0.717) is 34.1 Å². The van der Waals surface area contributed by atoms with Crippen LogP contribution in [-0.4, -0.2) is 6.10 Å². The molecule has 1 aliphatic carbocycles. The molecular weight excluding hydrogens is 270 g/mol. The summed E-state index contributed by atoms with van der Waals surface area (Å²) in [6.07, 6.45) is 3.81. The maximum atomic E-state index is 8.87. The molecule has 0 aliphatic heterocycles. The minimum Gasteiger partial charge on any atom is -0.489 e. The predicted octanol–water partition coefficient (Wildman–Crippen LogP) is 5.05. The van der Waals surface area contributed by atoms with Gasteiger partial charge in [-0.25, -0.2) is 0 Å². The molecule has 1 aromatic rings. The Morgan fingerprint density at radius 1 is 1.35 bits per heavy atom. The fourth-order valence-electron chi connectivity index (χ4n) is 3.08. The maximum Gasteiger partial charge on any atom is 0.138 e. The quantitative estimate of drug-likeness (QED) is 0.780. The van der Waals surface area contributed by atoms with Crippen molar-refractivity contribution in [3.63, 3.8) is 0 Å². The molecule has 20 heavy (non-hydrogen) atoms. The van der Waals surface area contributed by atoms with Crippen LogP contribution in [0.3, 0.4) is 0 Å². The van der Waals surface area contributed by atoms with Gasteiger partial charge < -0.3 is 4.74 Å². The standard InChI is InChI=1S/C17H22ClNO/c1-11(2)14-6-4-12(3)8-17(14)20-16-7-5-13(10-19)9-15(16)18/h5,7,9,11-12,14,17H,4,6,8H2,1-3H3/t12-,14+,17?/m0/s1. The van der Waals surface area contributed by atoms with Crippen molar-refractivity contribution >= 4 is 11.6 Å². The Balaban J connectivity index is 2.16. The lowest BCUT2D eigenvalue weighted by Crippen LogP contribution is -2.36. The largest absolute Gasteiger partial charge is 0.489 e. The average Bonchev–Trinajstić information content (AvgIpc) is 2.40. The van der Waals surface area contributed by atoms with Gasteiger partial charge in [0.05, 0.1) is 16.7 Å². The van der Waals surface area contributed by atoms with Gasteiger partial charge in [-0.05, 0) is 48.8 Å². The highest BCUT2D eigenvalue weighted by Crippen LogP contribution is 2.37. The number of ether oxygens (including phenoxy) is 1. The number of nitrogens with zero attached hydrogens (tertiary/aromatic N) is 1. The molecule has 1 saturated carbocycles. The zero-order valence-corrected chi connectivity index (χ0v) is 13.2. The maximum absolute atomic E-state index is 8.87. The van der Waals surface area contributed by atoms with Crippen LogP contribution in [0.1, 0.15) is 45.6 Å². The number of benzene rings is 1. The van der Waals surface area contributed by atoms with Crippen LogP contribution in [-0.2, 0) is 0 Å². The molecule has 3 heteroatoms. The first-order valence-electron chi connectivity index (χ1n) is 7.37. The third kappa shape index (κ3) is 3.46. The molecule has 0 bridgehead atoms. The van der Waals surface area contributed by atoms with Gasteiger partial charge in [0, 0.05) is 0 Å². The highest BCUT2D eigenvalue weighted by Gasteiger charge is 2.32. The SMILES string of the molecule is CC(C)[C@H]1CC[C@H](C)CC1Oc1ccc(C#N)cc1Cl. The normalized spacial score (nSPS) is 26.3. The molecule has 2 nitrogen and oxygen atoms in total. The third-order valence-corrected chi connectivity index (χ3v) is 4.60. The van der Waals surface area contributed by atoms with Crippen LogP contribution in [0.5, 0.6) is 5.75 Å². The van der Waals surface area contributed by atoms with Gasteiger partial charge >= 0.3 is 0 Å². The second kappa shape index (κ2) is 6.50. The van der Waals surface area contributed by atoms with E-state index in [1.54, 1.807) is 12.1 Å². The zero-order valence-electron chi connectivity index (χ0n) is 12.4. The average molecular weight is 292 g/mol. The summed E-state index contributed by atoms with van der Waals surface area (Å²) < 4.78 is 6.19. The topological polar surface area (TPSA) is 33.0 Å². The zero-order chi connectivity index (χ0) is 14.7. The van der Waals surface area contributed by atoms with Crippen molar-refractivity contribution < 1.29 is 4.74 Å². The van der Waals surface area contributed by atoms with Crippen molar-refractivity contribution in [3.8, 4) is 11.8 Å². The van der Waals surface area contributed by atoms with Gasteiger partial charge in [0.15, 0.2) is 0 Å². The number of nitriles is 1. The monoisotopic (exact) mass is 291 g/mol. The van der Waals surface area contributed by atoms with Crippen LogP contribution >= 0.6 is 11.6 Å². The summed E-state index contributed by atoms with van der Waals surface area (Å²) in [6.45, 7) is 6.81. The van der Waals surface area contributed by atoms with E-state index in [9.17, 15) is 0 Å². The summed E-state index contributed by atoms with van der Waals surface area (Å²) in [7, 11) is 0. The number of rotatable bonds is 3. The van der Waals surface area contributed by atoms with Gasteiger partial charge in [-0.1, -0.05) is 38.8 Å². The fourth-order valence-corrected chi connectivity index (χ4v) is 3.30. The Kier molecular flexibility index (Phi) is 4.94. The molecule has 3 atom stereocenters. The summed E-state index contributed by atoms with van der Waals surface area (Å²) in [5.41, 5.74) is 0.569. The smallest absolute Gasteiger partial charge is 0.138 e. The molecule has 0 radical (unpaired) electrons. The molecule has 0 spiro atoms. The highest BCUT2D eigenvalue weighted by molar-refractivity contribution is 6.32. The molecule has 0 N–H and O–H groups in total. The van der Waals surface area contributed by atoms with Crippen molar-refractivity contribution in [2.24, 2.45) is 17.8 Å². The summed E-state index contributed by atoms with van der Waals surface area (Å²) >= 11 is 6.21. The lowest BCUT2D eigenvalue weighted by Gasteiger charge is -2.37. The second-order valence-electron chi connectivity index (χ2n) is 6.24. The van der Waals surface area contributed by atoms with Gasteiger partial charge in [-0.3, -0.25) is 0 Å². The Morgan fingerprint density at radius 2 is 2.10 bits per heavy atom. The summed E-state index contributed by atoms with van der Waals surface area (Å²) in [5, 5.41) is 9.41. The van der Waals surface area contributed by atoms with Crippen molar-refractivity contribution in [2.75, 3.05) is 0 Å². The molecule has 1 aliphatic rings. The molecule has 0 amide bonds. The van der Waals surface area contributed by atoms with Gasteiger partial charge in [0.25, 0.3) is 0 Å². The molecule has 0 aromatic heterocycles. The lowest BCUT2D eigenvalue weighted by molar-refractivity contribution is 0.0461. The first kappa shape index (κ1) is 15.2. The van der Waals surface area contributed by atoms with Crippen LogP contribution in [0.2, 0.25) is 5.02 Å². The van der Waals surface area contributed by atoms with E-state index in [4.69, 9.17) is 21.6 Å². The van der Waals surface area contributed by atoms with Crippen molar-refractivity contribution in [3.05, 3.63) is 28.8 Å². The molecule has 1 aromatic carbocycles. The van der Waals surface area contributed by atoms with E-state index in [0.717, 1.165) is 6.42 Å². The van der Waals surface area contributed by atoms with E-state index in [1.165, 1.54) is 12.8 Å². The van der Waals surface area contributed by atoms with Crippen molar-refractivity contribution in [1.29, 1.82) is 5.26 Å². The van der Waals surface area contributed by atoms with Gasteiger partial charge in [-0.15, -0.1) is 0 Å². The van der Waals surface area contributed by atoms with Crippen LogP contribution in [0.15, 0.2) is 18.2 Å². The minimum atomic E-state index is 0.226. The van der Waals surface area contributed by atoms with Crippen LogP contribution in [0, 0.1) is 29.1 Å². The molecule has 2 rings (SSSR count). The van der Waals surface area contributed by atoms with Crippen LogP contribution in [0.4, 0.5) is 0 Å². The molecule has 1 unspecified atom stereocenters. The first-order chi connectivity index (χ1) is 9.51. The van der Waals surface area contributed by atoms with Gasteiger partial charge in [-0.2, -0.15) is 5.26 Å². The van der Waals surface area contributed by atoms with E-state index in [2.05, 4.69) is 26.8 Å². The Labute approximate surface area is 126 Å². The summed E-state index contributed by atoms with van der Waals surface area (Å²) in [4.78, 5) is 0. The Morgan fingerprint density at radius 3 is 2.70 bits per heavy atom. The van der Waals surface area contributed by atoms with Gasteiger partial charge in [0.2, 0.25) is 0 Å². The Bertz CT molecular complexity index is 506. The fraction of sp³-hybridized carbons (Fsp3) is 0.588. The molecular formula is C17H22ClNO. The highest BCUT2D eigenvalue weighted by atomic mass is 35.5. The van der Waals surface area contributed by atoms with Crippen molar-refractivity contribution in [2.45, 2.75) is 46.1 Å². The predicted molar refractivity (Wildman–Crippen MR) is 81.9 cm³/mol. The molecule has 0 heterocycles.